The molecule has 74 heavy (non-hydrogen) atoms. The van der Waals surface area contributed by atoms with Crippen LogP contribution in [0.2, 0.25) is 0 Å². The van der Waals surface area contributed by atoms with Gasteiger partial charge in [0.05, 0.1) is 0 Å². The molecule has 4 aromatic heterocycles. The predicted octanol–water partition coefficient (Wildman–Crippen LogP) is 7.05. The molecule has 0 aliphatic rings. The fourth-order valence-electron chi connectivity index (χ4n) is 7.52. The minimum atomic E-state index is -0.314. The third kappa shape index (κ3) is 15.0. The Morgan fingerprint density at radius 1 is 0.514 bits per heavy atom. The molecular weight excluding hydrogens is 935 g/mol. The Balaban J connectivity index is 0.000000217. The quantitative estimate of drug-likeness (QED) is 0.0393. The first kappa shape index (κ1) is 52.4. The summed E-state index contributed by atoms with van der Waals surface area (Å²) < 4.78 is 0. The molecule has 0 bridgehead atoms. The van der Waals surface area contributed by atoms with Crippen molar-refractivity contribution in [3.8, 4) is 22.8 Å². The van der Waals surface area contributed by atoms with Gasteiger partial charge in [-0.05, 0) is 61.1 Å². The number of nitrogens with two attached hydrogens (primary N) is 1. The highest BCUT2D eigenvalue weighted by molar-refractivity contribution is 5.99. The lowest BCUT2D eigenvalue weighted by Gasteiger charge is -2.16. The summed E-state index contributed by atoms with van der Waals surface area (Å²) in [5.41, 5.74) is 12.5. The van der Waals surface area contributed by atoms with Crippen LogP contribution in [0, 0.1) is 0 Å². The number of nitrogens with zero attached hydrogens (tertiary/aromatic N) is 8. The molecule has 4 amide bonds. The Labute approximate surface area is 429 Å². The molecule has 0 saturated heterocycles. The molecule has 0 radical (unpaired) electrons. The van der Waals surface area contributed by atoms with Crippen molar-refractivity contribution < 1.29 is 14.4 Å². The van der Waals surface area contributed by atoms with Gasteiger partial charge in [-0.25, -0.2) is 34.7 Å². The van der Waals surface area contributed by atoms with E-state index in [9.17, 15) is 14.4 Å². The third-order valence-electron chi connectivity index (χ3n) is 11.1. The first-order chi connectivity index (χ1) is 36.0. The van der Waals surface area contributed by atoms with Crippen LogP contribution in [0.15, 0.2) is 146 Å². The Morgan fingerprint density at radius 3 is 1.41 bits per heavy atom. The van der Waals surface area contributed by atoms with E-state index in [0.717, 1.165) is 40.7 Å². The summed E-state index contributed by atoms with van der Waals surface area (Å²) in [7, 11) is 4.70. The average Bonchev–Trinajstić information content (AvgIpc) is 3.42. The highest BCUT2D eigenvalue weighted by atomic mass is 16.2. The van der Waals surface area contributed by atoms with E-state index in [1.165, 1.54) is 18.0 Å². The van der Waals surface area contributed by atoms with Crippen molar-refractivity contribution >= 4 is 53.0 Å². The lowest BCUT2D eigenvalue weighted by atomic mass is 10.0. The summed E-state index contributed by atoms with van der Waals surface area (Å²) in [4.78, 5) is 72.1. The first-order valence-corrected chi connectivity index (χ1v) is 23.8. The van der Waals surface area contributed by atoms with E-state index in [-0.39, 0.29) is 29.9 Å². The maximum Gasteiger partial charge on any atom is 0.314 e. The second-order valence-electron chi connectivity index (χ2n) is 16.9. The van der Waals surface area contributed by atoms with Crippen molar-refractivity contribution in [2.45, 2.75) is 51.9 Å². The number of aromatic nitrogens is 8. The monoisotopic (exact) mass is 993 g/mol. The van der Waals surface area contributed by atoms with Gasteiger partial charge >= 0.3 is 6.03 Å². The number of carbonyl (C=O) groups is 3. The van der Waals surface area contributed by atoms with E-state index in [2.05, 4.69) is 108 Å². The minimum Gasteiger partial charge on any atom is -0.355 e. The smallest absolute Gasteiger partial charge is 0.314 e. The van der Waals surface area contributed by atoms with Crippen molar-refractivity contribution in [1.82, 2.24) is 61.1 Å². The molecule has 8 rings (SSSR count). The van der Waals surface area contributed by atoms with Crippen LogP contribution in [0.25, 0.3) is 22.8 Å². The second kappa shape index (κ2) is 26.1. The van der Waals surface area contributed by atoms with Crippen LogP contribution >= 0.6 is 0 Å². The number of urea groups is 1. The lowest BCUT2D eigenvalue weighted by molar-refractivity contribution is 0.0955. The van der Waals surface area contributed by atoms with Gasteiger partial charge in [-0.1, -0.05) is 109 Å². The molecule has 20 heteroatoms. The van der Waals surface area contributed by atoms with Crippen molar-refractivity contribution in [3.63, 3.8) is 0 Å². The largest absolute Gasteiger partial charge is 0.355 e. The molecule has 8 aromatic rings. The van der Waals surface area contributed by atoms with Crippen LogP contribution in [0.4, 0.5) is 40.0 Å². The zero-order valence-corrected chi connectivity index (χ0v) is 41.7. The number of amides is 4. The number of hydrogen-bond donors (Lipinski definition) is 9. The molecule has 4 heterocycles. The van der Waals surface area contributed by atoms with Crippen molar-refractivity contribution in [2.24, 2.45) is 5.73 Å². The maximum atomic E-state index is 12.5. The van der Waals surface area contributed by atoms with Gasteiger partial charge < -0.3 is 48.3 Å². The second-order valence-corrected chi connectivity index (χ2v) is 16.9. The molecule has 0 fully saturated rings. The number of rotatable bonds is 19. The number of anilines is 6. The van der Waals surface area contributed by atoms with Gasteiger partial charge in [0.15, 0.2) is 11.6 Å². The van der Waals surface area contributed by atoms with Crippen LogP contribution in [0.1, 0.15) is 56.8 Å². The van der Waals surface area contributed by atoms with Gasteiger partial charge in [0, 0.05) is 82.2 Å². The molecule has 378 valence electrons. The Kier molecular flexibility index (Phi) is 18.5. The molecule has 0 unspecified atom stereocenters. The van der Waals surface area contributed by atoms with E-state index < -0.39 is 0 Å². The molecule has 4 aromatic carbocycles. The normalized spacial score (nSPS) is 11.4. The summed E-state index contributed by atoms with van der Waals surface area (Å²) in [5.74, 6) is 2.95. The van der Waals surface area contributed by atoms with Gasteiger partial charge in [-0.3, -0.25) is 9.59 Å². The zero-order chi connectivity index (χ0) is 52.2. The highest BCUT2D eigenvalue weighted by Crippen LogP contribution is 2.25. The molecule has 0 aliphatic heterocycles. The zero-order valence-electron chi connectivity index (χ0n) is 41.7. The van der Waals surface area contributed by atoms with Crippen molar-refractivity contribution in [1.29, 1.82) is 0 Å². The number of hydrogen-bond acceptors (Lipinski definition) is 16. The fraction of sp³-hybridized carbons (Fsp3) is 0.204. The average molecular weight is 994 g/mol. The molecular formula is C54H59N17O3. The Bertz CT molecular complexity index is 3150. The van der Waals surface area contributed by atoms with E-state index in [4.69, 9.17) is 5.73 Å². The van der Waals surface area contributed by atoms with Crippen LogP contribution in [-0.2, 0) is 25.9 Å². The van der Waals surface area contributed by atoms with E-state index in [1.807, 2.05) is 97.9 Å². The Hall–Kier alpha value is -9.43. The number of carbonyl (C=O) groups excluding carboxylic acids is 3. The van der Waals surface area contributed by atoms with E-state index >= 15 is 0 Å². The summed E-state index contributed by atoms with van der Waals surface area (Å²) in [6.45, 7) is 5.07. The minimum absolute atomic E-state index is 0.0209. The predicted molar refractivity (Wildman–Crippen MR) is 288 cm³/mol. The summed E-state index contributed by atoms with van der Waals surface area (Å²) >= 11 is 0. The van der Waals surface area contributed by atoms with Crippen LogP contribution < -0.4 is 48.3 Å². The third-order valence-corrected chi connectivity index (χ3v) is 11.1. The van der Waals surface area contributed by atoms with Gasteiger partial charge in [-0.15, -0.1) is 0 Å². The van der Waals surface area contributed by atoms with Crippen LogP contribution in [0.3, 0.4) is 0 Å². The fourth-order valence-corrected chi connectivity index (χ4v) is 7.52. The molecule has 20 nitrogen and oxygen atoms in total. The molecule has 0 aliphatic carbocycles. The number of benzene rings is 4. The van der Waals surface area contributed by atoms with Gasteiger partial charge in [-0.2, -0.15) is 9.97 Å². The SMILES string of the molecule is CNC(=O)NCc1cccc(C[C@H](C)Nc2nccc(Nc3nc(-c4ccccc4)ncc3C(=O)NC)n2)c1.CNC(=O)c1cnc(-c2ccccc2)nc1Nc1ccnc(N[C@@H](C)Cc2cccc(CN)c2)n1. The summed E-state index contributed by atoms with van der Waals surface area (Å²) in [5, 5.41) is 23.6. The van der Waals surface area contributed by atoms with Crippen LogP contribution in [0.5, 0.6) is 0 Å². The van der Waals surface area contributed by atoms with Crippen molar-refractivity contribution in [2.75, 3.05) is 42.4 Å². The van der Waals surface area contributed by atoms with E-state index in [1.54, 1.807) is 45.7 Å². The maximum absolute atomic E-state index is 12.5. The van der Waals surface area contributed by atoms with E-state index in [0.29, 0.717) is 71.0 Å². The van der Waals surface area contributed by atoms with Gasteiger partial charge in [0.1, 0.15) is 34.4 Å². The Morgan fingerprint density at radius 2 is 0.959 bits per heavy atom. The van der Waals surface area contributed by atoms with Gasteiger partial charge in [0.25, 0.3) is 11.8 Å². The topological polar surface area (TPSA) is 277 Å². The lowest BCUT2D eigenvalue weighted by Crippen LogP contribution is -2.32. The standard InChI is InChI=1S/C28H31N9O2.C26H28N8O/c1-18(14-19-8-7-9-20(15-19)16-33-28(39)30-3)34-27-31-13-12-23(36-27)35-25-22(26(38)29-2)17-32-24(37-25)21-10-5-4-6-11-21;1-17(13-18-7-6-8-19(14-18)15-27)31-26-29-12-11-22(33-26)32-24-21(25(35)28-2)16-30-23(34-24)20-9-4-3-5-10-20/h4-13,15,17-18H,14,16H2,1-3H3,(H,29,38)(H2,30,33,39)(H2,31,32,34,35,36,37);3-12,14,16-17H,13,15,27H2,1-2H3,(H,28,35)(H2,29,30,31,32,33,34)/t18-;17-/m00/s1. The van der Waals surface area contributed by atoms with Gasteiger partial charge in [0.2, 0.25) is 11.9 Å². The van der Waals surface area contributed by atoms with Crippen molar-refractivity contribution in [3.05, 3.63) is 179 Å². The summed E-state index contributed by atoms with van der Waals surface area (Å²) in [6.07, 6.45) is 7.81. The molecule has 0 spiro atoms. The van der Waals surface area contributed by atoms with Crippen LogP contribution in [-0.4, -0.2) is 90.9 Å². The molecule has 0 saturated carbocycles. The first-order valence-electron chi connectivity index (χ1n) is 23.8. The molecule has 2 atom stereocenters. The highest BCUT2D eigenvalue weighted by Gasteiger charge is 2.18. The summed E-state index contributed by atoms with van der Waals surface area (Å²) in [6, 6.07) is 38.7. The molecule has 10 N–H and O–H groups in total. The number of nitrogens with one attached hydrogen (secondary N) is 8.